The Bertz CT molecular complexity index is 2030. The van der Waals surface area contributed by atoms with Gasteiger partial charge in [0.05, 0.1) is 51.7 Å². The van der Waals surface area contributed by atoms with Crippen molar-refractivity contribution in [2.24, 2.45) is 23.7 Å². The second-order valence-electron chi connectivity index (χ2n) is 33.6. The molecule has 1 aliphatic carbocycles. The minimum absolute atomic E-state index is 0.0973. The minimum atomic E-state index is -0.469. The molecule has 1 aliphatic rings. The Labute approximate surface area is 677 Å². The number of ether oxygens (including phenoxy) is 6. The summed E-state index contributed by atoms with van der Waals surface area (Å²) in [5.74, 6) is 2.18. The maximum Gasteiger partial charge on any atom is 0.407 e. The Morgan fingerprint density at radius 3 is 0.782 bits per heavy atom. The molecule has 1 rings (SSSR count). The summed E-state index contributed by atoms with van der Waals surface area (Å²) in [5, 5.41) is 8.88. The summed E-state index contributed by atoms with van der Waals surface area (Å²) < 4.78 is 32.4. The average Bonchev–Trinajstić information content (AvgIpc) is 0.874. The summed E-state index contributed by atoms with van der Waals surface area (Å²) in [4.78, 5) is 73.7. The lowest BCUT2D eigenvalue weighted by atomic mass is 9.78. The van der Waals surface area contributed by atoms with Gasteiger partial charge in [-0.05, 0) is 82.5 Å². The van der Waals surface area contributed by atoms with E-state index in [2.05, 4.69) is 56.8 Å². The van der Waals surface area contributed by atoms with Crippen LogP contribution in [0.4, 0.5) is 14.4 Å². The third-order valence-electron chi connectivity index (χ3n) is 23.3. The monoisotopic (exact) mass is 1550 g/mol. The van der Waals surface area contributed by atoms with Crippen molar-refractivity contribution in [1.29, 1.82) is 0 Å². The van der Waals surface area contributed by atoms with Gasteiger partial charge in [0.1, 0.15) is 6.61 Å². The average molecular weight is 1550 g/mol. The lowest BCUT2D eigenvalue weighted by molar-refractivity contribution is -0.146. The van der Waals surface area contributed by atoms with Gasteiger partial charge in [-0.2, -0.15) is 0 Å². The number of hydrogen-bond acceptors (Lipinski definition) is 12. The van der Waals surface area contributed by atoms with Crippen LogP contribution in [0.15, 0.2) is 24.3 Å². The van der Waals surface area contributed by atoms with E-state index in [-0.39, 0.29) is 56.4 Å². The summed E-state index contributed by atoms with van der Waals surface area (Å²) in [7, 11) is 0. The smallest absolute Gasteiger partial charge is 0.407 e. The highest BCUT2D eigenvalue weighted by Crippen LogP contribution is 2.36. The zero-order valence-electron chi connectivity index (χ0n) is 72.9. The Hall–Kier alpha value is -4.30. The Balaban J connectivity index is 2.60. The molecule has 0 radical (unpaired) electrons. The van der Waals surface area contributed by atoms with Crippen molar-refractivity contribution < 1.29 is 57.2 Å². The Morgan fingerprint density at radius 1 is 0.282 bits per heavy atom. The SMILES string of the molecule is C=C(C)C(=O)OCCCC(=O)OCCCCCCCCC(CCCCCCCCC)C(CCCCCCCCC)CCCCCCCCOC(=O)NC1CCCCC1NC(=O)OCCCCCCCCC(CCCCCCCCC)C(CCCCCCCCC)CCCCCCCCOC(=O)NCCOC(=O)C(=C)C. The molecule has 1 fully saturated rings. The second kappa shape index (κ2) is 78.6. The summed E-state index contributed by atoms with van der Waals surface area (Å²) in [6, 6.07) is -0.323. The van der Waals surface area contributed by atoms with E-state index in [1.807, 2.05) is 0 Å². The van der Waals surface area contributed by atoms with E-state index in [1.165, 1.54) is 327 Å². The van der Waals surface area contributed by atoms with Crippen LogP contribution >= 0.6 is 0 Å². The Kier molecular flexibility index (Phi) is 74.1. The van der Waals surface area contributed by atoms with Crippen LogP contribution in [-0.4, -0.2) is 94.5 Å². The van der Waals surface area contributed by atoms with Gasteiger partial charge in [0.25, 0.3) is 0 Å². The molecule has 15 heteroatoms. The van der Waals surface area contributed by atoms with E-state index in [0.717, 1.165) is 107 Å². The van der Waals surface area contributed by atoms with Gasteiger partial charge in [0.15, 0.2) is 0 Å². The summed E-state index contributed by atoms with van der Waals surface area (Å²) in [5.41, 5.74) is 0.702. The molecule has 0 aliphatic heterocycles. The molecule has 0 saturated heterocycles. The van der Waals surface area contributed by atoms with Crippen molar-refractivity contribution in [2.45, 2.75) is 477 Å². The van der Waals surface area contributed by atoms with E-state index in [1.54, 1.807) is 13.8 Å². The molecule has 0 spiro atoms. The van der Waals surface area contributed by atoms with E-state index in [4.69, 9.17) is 28.4 Å². The van der Waals surface area contributed by atoms with Gasteiger partial charge in [-0.3, -0.25) is 4.79 Å². The second-order valence-corrected chi connectivity index (χ2v) is 33.6. The molecule has 6 atom stereocenters. The zero-order valence-corrected chi connectivity index (χ0v) is 72.9. The fourth-order valence-electron chi connectivity index (χ4n) is 16.4. The Morgan fingerprint density at radius 2 is 0.509 bits per heavy atom. The fraction of sp³-hybridized carbons (Fsp3) is 0.895. The van der Waals surface area contributed by atoms with Gasteiger partial charge >= 0.3 is 36.2 Å². The standard InChI is InChI=1S/C95H177N3O12/c1-9-13-17-21-25-37-49-64-84(68-53-41-29-33-45-59-76-105-90(99)74-63-80-106-91(100)82(5)6)86(66-51-39-27-23-19-15-11-3)70-55-43-31-35-47-61-78-109-94(103)97-88-72-57-58-73-89(88)98-95(104)110-79-62-48-36-32-44-56-71-87(67-52-40-28-24-20-16-12-4)85(65-50-38-26-22-18-14-10-2)69-54-42-30-34-46-60-77-108-93(102)96-75-81-107-92(101)83(7)8/h84-89H,5,7,9-81H2,1-4,6,8H3,(H,96,102)(H,97,103)(H,98,104). The first-order valence-corrected chi connectivity index (χ1v) is 47.3. The van der Waals surface area contributed by atoms with Crippen LogP contribution in [0.3, 0.4) is 0 Å². The lowest BCUT2D eigenvalue weighted by Crippen LogP contribution is -2.53. The van der Waals surface area contributed by atoms with Crippen molar-refractivity contribution in [1.82, 2.24) is 16.0 Å². The van der Waals surface area contributed by atoms with Crippen LogP contribution in [0.5, 0.6) is 0 Å². The highest BCUT2D eigenvalue weighted by molar-refractivity contribution is 5.87. The first kappa shape index (κ1) is 104. The van der Waals surface area contributed by atoms with E-state index in [9.17, 15) is 28.8 Å². The largest absolute Gasteiger partial charge is 0.466 e. The molecule has 0 aromatic rings. The quantitative estimate of drug-likeness (QED) is 0.0226. The predicted molar refractivity (Wildman–Crippen MR) is 460 cm³/mol. The molecule has 0 aromatic carbocycles. The molecule has 15 nitrogen and oxygen atoms in total. The lowest BCUT2D eigenvalue weighted by Gasteiger charge is -2.32. The molecule has 6 unspecified atom stereocenters. The van der Waals surface area contributed by atoms with Gasteiger partial charge in [-0.15, -0.1) is 0 Å². The first-order chi connectivity index (χ1) is 53.8. The third-order valence-corrected chi connectivity index (χ3v) is 23.3. The highest BCUT2D eigenvalue weighted by atomic mass is 16.6. The number of hydrogen-bond donors (Lipinski definition) is 3. The van der Waals surface area contributed by atoms with Gasteiger partial charge in [0, 0.05) is 17.6 Å². The predicted octanol–water partition coefficient (Wildman–Crippen LogP) is 28.0. The summed E-state index contributed by atoms with van der Waals surface area (Å²) >= 11 is 0. The van der Waals surface area contributed by atoms with Crippen molar-refractivity contribution in [3.63, 3.8) is 0 Å². The van der Waals surface area contributed by atoms with Crippen molar-refractivity contribution >= 4 is 36.2 Å². The maximum atomic E-state index is 13.1. The number of unbranched alkanes of at least 4 members (excludes halogenated alkanes) is 44. The molecular weight excluding hydrogens is 1380 g/mol. The molecule has 1 saturated carbocycles. The number of rotatable bonds is 81. The van der Waals surface area contributed by atoms with Gasteiger partial charge in [-0.25, -0.2) is 24.0 Å². The normalized spacial score (nSPS) is 14.6. The molecule has 3 amide bonds. The third kappa shape index (κ3) is 66.0. The number of esters is 3. The topological polar surface area (TPSA) is 194 Å². The summed E-state index contributed by atoms with van der Waals surface area (Å²) in [6.07, 6.45) is 80.0. The van der Waals surface area contributed by atoms with Crippen LogP contribution in [0.2, 0.25) is 0 Å². The highest BCUT2D eigenvalue weighted by Gasteiger charge is 2.29. The van der Waals surface area contributed by atoms with E-state index >= 15 is 0 Å². The fourth-order valence-corrected chi connectivity index (χ4v) is 16.4. The summed E-state index contributed by atoms with van der Waals surface area (Å²) in [6.45, 7) is 21.8. The van der Waals surface area contributed by atoms with Crippen LogP contribution in [0, 0.1) is 23.7 Å². The molecule has 3 N–H and O–H groups in total. The molecular formula is C95H177N3O12. The van der Waals surface area contributed by atoms with Crippen molar-refractivity contribution in [2.75, 3.05) is 46.2 Å². The number of carbonyl (C=O) groups is 6. The first-order valence-electron chi connectivity index (χ1n) is 47.3. The van der Waals surface area contributed by atoms with Crippen LogP contribution in [0.25, 0.3) is 0 Å². The van der Waals surface area contributed by atoms with Gasteiger partial charge in [-0.1, -0.05) is 413 Å². The van der Waals surface area contributed by atoms with Crippen molar-refractivity contribution in [3.8, 4) is 0 Å². The maximum absolute atomic E-state index is 13.1. The van der Waals surface area contributed by atoms with Crippen molar-refractivity contribution in [3.05, 3.63) is 24.3 Å². The molecule has 0 heterocycles. The number of carbonyl (C=O) groups excluding carboxylic acids is 6. The molecule has 0 bridgehead atoms. The number of alkyl carbamates (subject to hydrolysis) is 3. The van der Waals surface area contributed by atoms with Crippen LogP contribution in [0.1, 0.15) is 465 Å². The molecule has 0 aromatic heterocycles. The minimum Gasteiger partial charge on any atom is -0.466 e. The van der Waals surface area contributed by atoms with E-state index < -0.39 is 18.0 Å². The zero-order chi connectivity index (χ0) is 80.1. The molecule has 644 valence electrons. The van der Waals surface area contributed by atoms with E-state index in [0.29, 0.717) is 44.0 Å². The van der Waals surface area contributed by atoms with Gasteiger partial charge in [0.2, 0.25) is 0 Å². The number of amides is 3. The van der Waals surface area contributed by atoms with Crippen LogP contribution in [-0.2, 0) is 42.8 Å². The van der Waals surface area contributed by atoms with Gasteiger partial charge < -0.3 is 44.4 Å². The number of nitrogens with one attached hydrogen (secondary N) is 3. The molecule has 110 heavy (non-hydrogen) atoms. The van der Waals surface area contributed by atoms with Crippen LogP contribution < -0.4 is 16.0 Å².